The molecule has 0 aliphatic carbocycles. The van der Waals surface area contributed by atoms with Crippen molar-refractivity contribution in [2.24, 2.45) is 0 Å². The van der Waals surface area contributed by atoms with Crippen LogP contribution in [0.2, 0.25) is 0 Å². The van der Waals surface area contributed by atoms with E-state index in [0.717, 1.165) is 17.4 Å². The number of benzene rings is 1. The lowest BCUT2D eigenvalue weighted by atomic mass is 10.1. The summed E-state index contributed by atoms with van der Waals surface area (Å²) in [5.41, 5.74) is 2.65. The lowest BCUT2D eigenvalue weighted by Crippen LogP contribution is -1.90. The average molecular weight is 182 g/mol. The lowest BCUT2D eigenvalue weighted by Gasteiger charge is -2.07. The molecule has 1 aromatic rings. The molecule has 12 heavy (non-hydrogen) atoms. The predicted octanol–water partition coefficient (Wildman–Crippen LogP) is 2.28. The van der Waals surface area contributed by atoms with Gasteiger partial charge in [-0.25, -0.2) is 0 Å². The van der Waals surface area contributed by atoms with Gasteiger partial charge >= 0.3 is 0 Å². The normalized spacial score (nSPS) is 9.58. The maximum atomic E-state index is 10.6. The summed E-state index contributed by atoms with van der Waals surface area (Å²) in [6.07, 6.45) is 0.805. The third-order valence-corrected chi connectivity index (χ3v) is 1.93. The number of aldehydes is 1. The van der Waals surface area contributed by atoms with Crippen LogP contribution < -0.4 is 4.52 Å². The van der Waals surface area contributed by atoms with Crippen LogP contribution >= 0.6 is 9.47 Å². The summed E-state index contributed by atoms with van der Waals surface area (Å²) in [4.78, 5) is 10.6. The van der Waals surface area contributed by atoms with E-state index in [1.165, 1.54) is 0 Å². The average Bonchev–Trinajstić information content (AvgIpc) is 2.03. The topological polar surface area (TPSA) is 26.3 Å². The highest BCUT2D eigenvalue weighted by Gasteiger charge is 2.05. The highest BCUT2D eigenvalue weighted by Crippen LogP contribution is 2.25. The van der Waals surface area contributed by atoms with Crippen molar-refractivity contribution in [3.63, 3.8) is 0 Å². The SMILES string of the molecule is Cc1cc(C)c(OP)c(C=O)c1. The molecule has 1 unspecified atom stereocenters. The molecule has 0 amide bonds. The first-order chi connectivity index (χ1) is 5.69. The summed E-state index contributed by atoms with van der Waals surface area (Å²) in [6.45, 7) is 3.87. The molecule has 1 rings (SSSR count). The number of carbonyl (C=O) groups is 1. The predicted molar refractivity (Wildman–Crippen MR) is 51.6 cm³/mol. The molecule has 2 nitrogen and oxygen atoms in total. The zero-order chi connectivity index (χ0) is 9.14. The summed E-state index contributed by atoms with van der Waals surface area (Å²) in [6, 6.07) is 3.78. The van der Waals surface area contributed by atoms with Crippen LogP contribution in [0.4, 0.5) is 0 Å². The van der Waals surface area contributed by atoms with Gasteiger partial charge in [0.1, 0.15) is 5.75 Å². The minimum absolute atomic E-state index is 0.600. The first-order valence-electron chi connectivity index (χ1n) is 3.62. The Bertz CT molecular complexity index is 308. The molecule has 0 spiro atoms. The molecule has 0 fully saturated rings. The van der Waals surface area contributed by atoms with Crippen LogP contribution in [-0.4, -0.2) is 6.29 Å². The van der Waals surface area contributed by atoms with Crippen LogP contribution in [0.5, 0.6) is 5.75 Å². The summed E-state index contributed by atoms with van der Waals surface area (Å²) < 4.78 is 5.01. The van der Waals surface area contributed by atoms with Crippen LogP contribution in [0, 0.1) is 13.8 Å². The molecular formula is C9H11O2P. The summed E-state index contributed by atoms with van der Waals surface area (Å²) >= 11 is 0. The van der Waals surface area contributed by atoms with E-state index in [2.05, 4.69) is 9.47 Å². The van der Waals surface area contributed by atoms with Crippen molar-refractivity contribution in [1.82, 2.24) is 0 Å². The number of carbonyl (C=O) groups excluding carboxylic acids is 1. The van der Waals surface area contributed by atoms with Crippen molar-refractivity contribution in [1.29, 1.82) is 0 Å². The molecular weight excluding hydrogens is 171 g/mol. The van der Waals surface area contributed by atoms with Crippen molar-refractivity contribution in [3.8, 4) is 5.75 Å². The van der Waals surface area contributed by atoms with Crippen LogP contribution in [0.3, 0.4) is 0 Å². The molecule has 0 aliphatic rings. The molecule has 1 aromatic carbocycles. The molecule has 0 heterocycles. The Balaban J connectivity index is 3.33. The fourth-order valence-electron chi connectivity index (χ4n) is 1.24. The van der Waals surface area contributed by atoms with Crippen molar-refractivity contribution in [3.05, 3.63) is 28.8 Å². The largest absolute Gasteiger partial charge is 0.479 e. The van der Waals surface area contributed by atoms with Crippen molar-refractivity contribution >= 4 is 15.8 Å². The molecule has 0 radical (unpaired) electrons. The molecule has 0 saturated carbocycles. The Hall–Kier alpha value is -0.880. The Kier molecular flexibility index (Phi) is 2.83. The number of aryl methyl sites for hydroxylation is 2. The van der Waals surface area contributed by atoms with Crippen molar-refractivity contribution in [2.75, 3.05) is 0 Å². The Labute approximate surface area is 74.2 Å². The van der Waals surface area contributed by atoms with Gasteiger partial charge in [0.2, 0.25) is 0 Å². The zero-order valence-corrected chi connectivity index (χ0v) is 8.28. The van der Waals surface area contributed by atoms with Gasteiger partial charge in [-0.05, 0) is 31.0 Å². The summed E-state index contributed by atoms with van der Waals surface area (Å²) in [5.74, 6) is 0.639. The van der Waals surface area contributed by atoms with Gasteiger partial charge in [-0.1, -0.05) is 6.07 Å². The molecule has 3 heteroatoms. The van der Waals surface area contributed by atoms with E-state index in [-0.39, 0.29) is 0 Å². The molecule has 0 aliphatic heterocycles. The third kappa shape index (κ3) is 1.64. The van der Waals surface area contributed by atoms with E-state index in [0.29, 0.717) is 11.3 Å². The van der Waals surface area contributed by atoms with E-state index < -0.39 is 0 Å². The quantitative estimate of drug-likeness (QED) is 0.518. The fraction of sp³-hybridized carbons (Fsp3) is 0.222. The zero-order valence-electron chi connectivity index (χ0n) is 7.13. The minimum Gasteiger partial charge on any atom is -0.479 e. The smallest absolute Gasteiger partial charge is 0.153 e. The molecule has 64 valence electrons. The van der Waals surface area contributed by atoms with E-state index in [4.69, 9.17) is 4.52 Å². The second kappa shape index (κ2) is 3.68. The van der Waals surface area contributed by atoms with Crippen LogP contribution in [0.1, 0.15) is 21.5 Å². The first kappa shape index (κ1) is 9.21. The number of rotatable bonds is 2. The standard InChI is InChI=1S/C9H11O2P/c1-6-3-7(2)9(11-12)8(4-6)5-10/h3-5H,12H2,1-2H3. The Morgan fingerprint density at radius 2 is 2.08 bits per heavy atom. The molecule has 0 N–H and O–H groups in total. The lowest BCUT2D eigenvalue weighted by molar-refractivity contribution is 0.112. The Morgan fingerprint density at radius 1 is 1.42 bits per heavy atom. The van der Waals surface area contributed by atoms with Gasteiger partial charge in [0.05, 0.1) is 15.0 Å². The first-order valence-corrected chi connectivity index (χ1v) is 4.09. The van der Waals surface area contributed by atoms with Crippen molar-refractivity contribution in [2.45, 2.75) is 13.8 Å². The molecule has 0 aromatic heterocycles. The van der Waals surface area contributed by atoms with Crippen molar-refractivity contribution < 1.29 is 9.32 Å². The van der Waals surface area contributed by atoms with Gasteiger partial charge < -0.3 is 4.52 Å². The maximum absolute atomic E-state index is 10.6. The third-order valence-electron chi connectivity index (χ3n) is 1.69. The van der Waals surface area contributed by atoms with E-state index in [1.807, 2.05) is 19.9 Å². The van der Waals surface area contributed by atoms with E-state index in [9.17, 15) is 4.79 Å². The monoisotopic (exact) mass is 182 g/mol. The minimum atomic E-state index is 0.600. The fourth-order valence-corrected chi connectivity index (χ4v) is 1.56. The van der Waals surface area contributed by atoms with Gasteiger partial charge in [0.15, 0.2) is 6.29 Å². The second-order valence-electron chi connectivity index (χ2n) is 2.74. The highest BCUT2D eigenvalue weighted by atomic mass is 31.0. The van der Waals surface area contributed by atoms with E-state index in [1.54, 1.807) is 6.07 Å². The van der Waals surface area contributed by atoms with Gasteiger partial charge in [-0.15, -0.1) is 0 Å². The Morgan fingerprint density at radius 3 is 2.58 bits per heavy atom. The molecule has 0 bridgehead atoms. The molecule has 1 atom stereocenters. The summed E-state index contributed by atoms with van der Waals surface area (Å²) in [7, 11) is 2.15. The highest BCUT2D eigenvalue weighted by molar-refractivity contribution is 7.10. The van der Waals surface area contributed by atoms with Gasteiger partial charge in [-0.2, -0.15) is 0 Å². The van der Waals surface area contributed by atoms with Crippen LogP contribution in [-0.2, 0) is 0 Å². The second-order valence-corrected chi connectivity index (χ2v) is 2.97. The summed E-state index contributed by atoms with van der Waals surface area (Å²) in [5, 5.41) is 0. The van der Waals surface area contributed by atoms with Gasteiger partial charge in [0, 0.05) is 0 Å². The van der Waals surface area contributed by atoms with Gasteiger partial charge in [-0.3, -0.25) is 4.79 Å². The number of hydrogen-bond donors (Lipinski definition) is 0. The van der Waals surface area contributed by atoms with Crippen LogP contribution in [0.25, 0.3) is 0 Å². The molecule has 0 saturated heterocycles. The van der Waals surface area contributed by atoms with Gasteiger partial charge in [0.25, 0.3) is 0 Å². The van der Waals surface area contributed by atoms with E-state index >= 15 is 0 Å². The maximum Gasteiger partial charge on any atom is 0.153 e. The number of hydrogen-bond acceptors (Lipinski definition) is 2. The van der Waals surface area contributed by atoms with Crippen LogP contribution in [0.15, 0.2) is 12.1 Å².